The first kappa shape index (κ1) is 15.5. The smallest absolute Gasteiger partial charge is 0.122 e. The molecule has 1 aromatic heterocycles. The second kappa shape index (κ2) is 7.24. The monoisotopic (exact) mass is 288 g/mol. The number of nitrogens with two attached hydrogens (primary N) is 1. The average molecular weight is 288 g/mol. The van der Waals surface area contributed by atoms with E-state index in [0.29, 0.717) is 0 Å². The van der Waals surface area contributed by atoms with E-state index in [0.717, 1.165) is 42.1 Å². The van der Waals surface area contributed by atoms with Crippen molar-refractivity contribution in [1.82, 2.24) is 15.0 Å². The van der Waals surface area contributed by atoms with E-state index in [1.54, 1.807) is 7.11 Å². The number of aromatic nitrogens is 2. The Labute approximate surface area is 126 Å². The number of benzene rings is 1. The number of hydrazine groups is 1. The van der Waals surface area contributed by atoms with Gasteiger partial charge in [0, 0.05) is 25.4 Å². The molecule has 5 heteroatoms. The number of aryl methyl sites for hydroxylation is 2. The molecule has 2 aromatic rings. The Morgan fingerprint density at radius 1 is 1.43 bits per heavy atom. The Balaban J connectivity index is 2.21. The zero-order chi connectivity index (χ0) is 15.2. The van der Waals surface area contributed by atoms with Crippen LogP contribution in [0.1, 0.15) is 36.3 Å². The van der Waals surface area contributed by atoms with E-state index in [1.165, 1.54) is 0 Å². The van der Waals surface area contributed by atoms with Crippen LogP contribution in [0, 0.1) is 6.92 Å². The van der Waals surface area contributed by atoms with E-state index in [9.17, 15) is 0 Å². The summed E-state index contributed by atoms with van der Waals surface area (Å²) >= 11 is 0. The quantitative estimate of drug-likeness (QED) is 0.606. The fourth-order valence-corrected chi connectivity index (χ4v) is 2.48. The van der Waals surface area contributed by atoms with Gasteiger partial charge in [0.15, 0.2) is 0 Å². The van der Waals surface area contributed by atoms with Gasteiger partial charge in [-0.2, -0.15) is 0 Å². The van der Waals surface area contributed by atoms with Gasteiger partial charge in [-0.15, -0.1) is 0 Å². The van der Waals surface area contributed by atoms with Crippen molar-refractivity contribution < 1.29 is 4.74 Å². The van der Waals surface area contributed by atoms with E-state index < -0.39 is 0 Å². The number of nitrogens with one attached hydrogen (secondary N) is 1. The number of hydrogen-bond donors (Lipinski definition) is 2. The molecule has 0 amide bonds. The van der Waals surface area contributed by atoms with Crippen LogP contribution in [0.2, 0.25) is 0 Å². The second-order valence-corrected chi connectivity index (χ2v) is 5.19. The molecule has 0 saturated heterocycles. The minimum atomic E-state index is 0.0116. The summed E-state index contributed by atoms with van der Waals surface area (Å²) in [5.41, 5.74) is 5.11. The SMILES string of the molecule is CCCn1ccnc1CC(NN)c1ccc(C)c(OC)c1. The summed E-state index contributed by atoms with van der Waals surface area (Å²) in [7, 11) is 1.69. The zero-order valence-corrected chi connectivity index (χ0v) is 13.0. The maximum atomic E-state index is 5.75. The molecular formula is C16H24N4O. The molecule has 0 fully saturated rings. The number of rotatable bonds is 7. The molecule has 0 bridgehead atoms. The first-order chi connectivity index (χ1) is 10.2. The minimum Gasteiger partial charge on any atom is -0.496 e. The van der Waals surface area contributed by atoms with Crippen LogP contribution < -0.4 is 16.0 Å². The third-order valence-corrected chi connectivity index (χ3v) is 3.69. The lowest BCUT2D eigenvalue weighted by molar-refractivity contribution is 0.409. The number of methoxy groups -OCH3 is 1. The normalized spacial score (nSPS) is 12.4. The lowest BCUT2D eigenvalue weighted by Gasteiger charge is -2.18. The highest BCUT2D eigenvalue weighted by Crippen LogP contribution is 2.24. The van der Waals surface area contributed by atoms with Crippen LogP contribution in [-0.4, -0.2) is 16.7 Å². The van der Waals surface area contributed by atoms with Gasteiger partial charge in [-0.1, -0.05) is 19.1 Å². The number of imidazole rings is 1. The lowest BCUT2D eigenvalue weighted by Crippen LogP contribution is -2.30. The molecular weight excluding hydrogens is 264 g/mol. The molecule has 1 aromatic carbocycles. The predicted octanol–water partition coefficient (Wildman–Crippen LogP) is 2.36. The van der Waals surface area contributed by atoms with Crippen LogP contribution in [0.15, 0.2) is 30.6 Å². The fraction of sp³-hybridized carbons (Fsp3) is 0.438. The summed E-state index contributed by atoms with van der Waals surface area (Å²) in [5, 5.41) is 0. The first-order valence-corrected chi connectivity index (χ1v) is 7.30. The van der Waals surface area contributed by atoms with Gasteiger partial charge < -0.3 is 9.30 Å². The molecule has 3 N–H and O–H groups in total. The van der Waals surface area contributed by atoms with Gasteiger partial charge in [0.1, 0.15) is 11.6 Å². The van der Waals surface area contributed by atoms with Crippen molar-refractivity contribution in [3.63, 3.8) is 0 Å². The number of nitrogens with zero attached hydrogens (tertiary/aromatic N) is 2. The van der Waals surface area contributed by atoms with Crippen LogP contribution in [0.3, 0.4) is 0 Å². The summed E-state index contributed by atoms with van der Waals surface area (Å²) in [6, 6.07) is 6.18. The highest BCUT2D eigenvalue weighted by Gasteiger charge is 2.15. The fourth-order valence-electron chi connectivity index (χ4n) is 2.48. The van der Waals surface area contributed by atoms with Gasteiger partial charge >= 0.3 is 0 Å². The Morgan fingerprint density at radius 2 is 2.24 bits per heavy atom. The van der Waals surface area contributed by atoms with E-state index >= 15 is 0 Å². The van der Waals surface area contributed by atoms with Gasteiger partial charge in [0.05, 0.1) is 13.2 Å². The molecule has 1 unspecified atom stereocenters. The highest BCUT2D eigenvalue weighted by atomic mass is 16.5. The van der Waals surface area contributed by atoms with E-state index in [4.69, 9.17) is 10.6 Å². The van der Waals surface area contributed by atoms with Crippen molar-refractivity contribution >= 4 is 0 Å². The Morgan fingerprint density at radius 3 is 2.90 bits per heavy atom. The molecule has 0 radical (unpaired) electrons. The van der Waals surface area contributed by atoms with Gasteiger partial charge in [-0.05, 0) is 30.5 Å². The minimum absolute atomic E-state index is 0.0116. The third-order valence-electron chi connectivity index (χ3n) is 3.69. The van der Waals surface area contributed by atoms with Crippen LogP contribution in [0.5, 0.6) is 5.75 Å². The molecule has 0 saturated carbocycles. The molecule has 0 spiro atoms. The van der Waals surface area contributed by atoms with Crippen LogP contribution >= 0.6 is 0 Å². The zero-order valence-electron chi connectivity index (χ0n) is 13.0. The highest BCUT2D eigenvalue weighted by molar-refractivity contribution is 5.38. The number of ether oxygens (including phenoxy) is 1. The molecule has 2 rings (SSSR count). The van der Waals surface area contributed by atoms with Gasteiger partial charge in [0.25, 0.3) is 0 Å². The van der Waals surface area contributed by atoms with E-state index in [1.807, 2.05) is 25.4 Å². The van der Waals surface area contributed by atoms with Crippen molar-refractivity contribution in [2.75, 3.05) is 7.11 Å². The molecule has 114 valence electrons. The lowest BCUT2D eigenvalue weighted by atomic mass is 10.0. The summed E-state index contributed by atoms with van der Waals surface area (Å²) in [6.07, 6.45) is 5.69. The second-order valence-electron chi connectivity index (χ2n) is 5.19. The van der Waals surface area contributed by atoms with Crippen molar-refractivity contribution in [3.8, 4) is 5.75 Å². The molecule has 0 aliphatic carbocycles. The Kier molecular flexibility index (Phi) is 5.36. The van der Waals surface area contributed by atoms with Crippen LogP contribution in [0.25, 0.3) is 0 Å². The average Bonchev–Trinajstić information content (AvgIpc) is 2.93. The maximum absolute atomic E-state index is 5.75. The van der Waals surface area contributed by atoms with Gasteiger partial charge in [0.2, 0.25) is 0 Å². The third kappa shape index (κ3) is 3.62. The Bertz CT molecular complexity index is 579. The largest absolute Gasteiger partial charge is 0.496 e. The van der Waals surface area contributed by atoms with Crippen LogP contribution in [0.4, 0.5) is 0 Å². The molecule has 1 atom stereocenters. The summed E-state index contributed by atoms with van der Waals surface area (Å²) < 4.78 is 7.56. The maximum Gasteiger partial charge on any atom is 0.122 e. The summed E-state index contributed by atoms with van der Waals surface area (Å²) in [6.45, 7) is 5.17. The molecule has 1 heterocycles. The van der Waals surface area contributed by atoms with Crippen molar-refractivity contribution in [2.24, 2.45) is 5.84 Å². The summed E-state index contributed by atoms with van der Waals surface area (Å²) in [5.74, 6) is 7.67. The molecule has 21 heavy (non-hydrogen) atoms. The molecule has 0 aliphatic rings. The first-order valence-electron chi connectivity index (χ1n) is 7.30. The molecule has 5 nitrogen and oxygen atoms in total. The topological polar surface area (TPSA) is 65.1 Å². The number of hydrogen-bond acceptors (Lipinski definition) is 4. The van der Waals surface area contributed by atoms with E-state index in [2.05, 4.69) is 34.0 Å². The van der Waals surface area contributed by atoms with Gasteiger partial charge in [-0.3, -0.25) is 11.3 Å². The van der Waals surface area contributed by atoms with Crippen molar-refractivity contribution in [3.05, 3.63) is 47.5 Å². The molecule has 0 aliphatic heterocycles. The summed E-state index contributed by atoms with van der Waals surface area (Å²) in [4.78, 5) is 4.44. The standard InChI is InChI=1S/C16H24N4O/c1-4-8-20-9-7-18-16(20)11-14(19-17)13-6-5-12(2)15(10-13)21-3/h5-7,9-10,14,19H,4,8,11,17H2,1-3H3. The van der Waals surface area contributed by atoms with Gasteiger partial charge in [-0.25, -0.2) is 4.98 Å². The predicted molar refractivity (Wildman–Crippen MR) is 84.0 cm³/mol. The van der Waals surface area contributed by atoms with E-state index in [-0.39, 0.29) is 6.04 Å². The Hall–Kier alpha value is -1.85. The van der Waals surface area contributed by atoms with Crippen molar-refractivity contribution in [1.29, 1.82) is 0 Å². The van der Waals surface area contributed by atoms with Crippen molar-refractivity contribution in [2.45, 2.75) is 39.3 Å². The van der Waals surface area contributed by atoms with Crippen LogP contribution in [-0.2, 0) is 13.0 Å².